The minimum absolute atomic E-state index is 1.16. The fraction of sp³-hybridized carbons (Fsp3) is 0. The predicted octanol–water partition coefficient (Wildman–Crippen LogP) is 28.2. The summed E-state index contributed by atoms with van der Waals surface area (Å²) < 4.78 is 9.70. The third-order valence-electron chi connectivity index (χ3n) is 22.8. The lowest BCUT2D eigenvalue weighted by Gasteiger charge is -2.15. The minimum atomic E-state index is 1.16. The molecule has 0 fully saturated rings. The fourth-order valence-corrected chi connectivity index (χ4v) is 17.7. The van der Waals surface area contributed by atoms with E-state index in [4.69, 9.17) is 0 Å². The van der Waals surface area contributed by atoms with Gasteiger partial charge in [-0.05, 0) is 208 Å². The van der Waals surface area contributed by atoms with Crippen LogP contribution >= 0.6 is 0 Å². The van der Waals surface area contributed by atoms with Gasteiger partial charge in [-0.2, -0.15) is 0 Å². The van der Waals surface area contributed by atoms with E-state index in [9.17, 15) is 0 Å². The van der Waals surface area contributed by atoms with E-state index in [1.54, 1.807) is 0 Å². The van der Waals surface area contributed by atoms with Crippen molar-refractivity contribution in [1.82, 2.24) is 18.3 Å². The molecule has 23 aromatic rings. The van der Waals surface area contributed by atoms with E-state index in [0.717, 1.165) is 11.4 Å². The summed E-state index contributed by atoms with van der Waals surface area (Å²) in [6, 6.07) is 147. The molecule has 0 aliphatic rings. The normalized spacial score (nSPS) is 11.9. The number of fused-ring (bicyclic) bond motifs is 20. The molecule has 0 aliphatic heterocycles. The molecule has 4 aromatic heterocycles. The van der Waals surface area contributed by atoms with E-state index in [1.807, 2.05) is 0 Å². The maximum Gasteiger partial charge on any atom is 0.0547 e. The van der Waals surface area contributed by atoms with Crippen molar-refractivity contribution in [3.8, 4) is 67.3 Å². The van der Waals surface area contributed by atoms with Crippen LogP contribution in [0, 0.1) is 0 Å². The van der Waals surface area contributed by atoms with E-state index >= 15 is 0 Å². The Balaban J connectivity index is 0.000000134. The van der Waals surface area contributed by atoms with Gasteiger partial charge in [-0.25, -0.2) is 0 Å². The molecule has 0 atom stereocenters. The van der Waals surface area contributed by atoms with Crippen molar-refractivity contribution >= 4 is 141 Å². The number of aromatic nitrogens is 4. The van der Waals surface area contributed by atoms with E-state index in [2.05, 4.69) is 419 Å². The third kappa shape index (κ3) is 9.78. The fourth-order valence-electron chi connectivity index (χ4n) is 17.7. The summed E-state index contributed by atoms with van der Waals surface area (Å²) in [5.41, 5.74) is 24.1. The van der Waals surface area contributed by atoms with Gasteiger partial charge in [0.05, 0.1) is 49.8 Å². The Morgan fingerprint density at radius 2 is 0.398 bits per heavy atom. The van der Waals surface area contributed by atoms with Gasteiger partial charge in [0.2, 0.25) is 0 Å². The second kappa shape index (κ2) is 24.7. The van der Waals surface area contributed by atoms with Gasteiger partial charge < -0.3 is 18.3 Å². The Kier molecular flexibility index (Phi) is 14.0. The Morgan fingerprint density at radius 1 is 0.120 bits per heavy atom. The molecule has 4 nitrogen and oxygen atoms in total. The molecule has 0 aliphatic carbocycles. The van der Waals surface area contributed by atoms with Crippen LogP contribution < -0.4 is 0 Å². The van der Waals surface area contributed by atoms with Crippen molar-refractivity contribution in [2.24, 2.45) is 0 Å². The topological polar surface area (TPSA) is 19.7 Å². The Labute approximate surface area is 622 Å². The minimum Gasteiger partial charge on any atom is -0.309 e. The number of hydrogen-bond donors (Lipinski definition) is 0. The van der Waals surface area contributed by atoms with Gasteiger partial charge in [-0.3, -0.25) is 0 Å². The molecule has 23 rings (SSSR count). The second-order valence-corrected chi connectivity index (χ2v) is 28.7. The molecule has 4 heterocycles. The van der Waals surface area contributed by atoms with Crippen molar-refractivity contribution in [2.45, 2.75) is 0 Å². The van der Waals surface area contributed by atoms with Crippen LogP contribution in [0.2, 0.25) is 0 Å². The summed E-state index contributed by atoms with van der Waals surface area (Å²) in [6.45, 7) is 0. The van der Waals surface area contributed by atoms with Gasteiger partial charge >= 0.3 is 0 Å². The number of hydrogen-bond acceptors (Lipinski definition) is 0. The molecule has 0 bridgehead atoms. The Bertz CT molecular complexity index is 7580. The smallest absolute Gasteiger partial charge is 0.0547 e. The number of benzene rings is 19. The second-order valence-electron chi connectivity index (χ2n) is 28.7. The van der Waals surface area contributed by atoms with Crippen LogP contribution in [-0.4, -0.2) is 18.3 Å². The number of nitrogens with zero attached hydrogens (tertiary/aromatic N) is 4. The predicted molar refractivity (Wildman–Crippen MR) is 460 cm³/mol. The van der Waals surface area contributed by atoms with Crippen LogP contribution in [0.1, 0.15) is 0 Å². The molecule has 0 saturated heterocycles. The maximum atomic E-state index is 2.48. The van der Waals surface area contributed by atoms with E-state index in [-0.39, 0.29) is 0 Å². The highest BCUT2D eigenvalue weighted by Gasteiger charge is 2.22. The first kappa shape index (κ1) is 61.2. The molecule has 108 heavy (non-hydrogen) atoms. The monoisotopic (exact) mass is 1370 g/mol. The summed E-state index contributed by atoms with van der Waals surface area (Å²) in [4.78, 5) is 0. The standard InChI is InChI=1S/C54H34N2.C50H32N2/c1-2-12-35(13-3-1)36-22-27-40(28-23-36)55-50-20-10-8-18-45(50)48-32-38(25-30-52(48)55)39-26-31-53-49(33-39)46-19-9-11-21-51(46)56(53)54-34-47-41-15-5-4-14-37(41)24-29-43(47)42-16-6-7-17-44(42)54;1-2-10-33(11-3-1)34-20-24-39(25-21-34)51-47-16-8-6-14-43(47)45-31-36(22-28-49(45)51)37-23-29-50-46(32-37)44-15-7-9-17-48(44)52(50)40-26-27-42-38(30-40)19-18-35-12-4-5-13-41(35)42/h1-34H;1-32H. The van der Waals surface area contributed by atoms with Gasteiger partial charge in [0.15, 0.2) is 0 Å². The quantitative estimate of drug-likeness (QED) is 0.135. The molecule has 19 aromatic carbocycles. The average molecular weight is 1370 g/mol. The first-order valence-corrected chi connectivity index (χ1v) is 37.3. The lowest BCUT2D eigenvalue weighted by Crippen LogP contribution is -1.96. The van der Waals surface area contributed by atoms with Crippen LogP contribution in [0.15, 0.2) is 400 Å². The number of rotatable bonds is 8. The number of para-hydroxylation sites is 4. The van der Waals surface area contributed by atoms with Gasteiger partial charge in [-0.15, -0.1) is 0 Å². The van der Waals surface area contributed by atoms with Crippen LogP contribution in [0.4, 0.5) is 0 Å². The van der Waals surface area contributed by atoms with Crippen molar-refractivity contribution in [1.29, 1.82) is 0 Å². The molecule has 0 saturated carbocycles. The first-order chi connectivity index (χ1) is 53.6. The zero-order valence-corrected chi connectivity index (χ0v) is 58.9. The molecule has 0 unspecified atom stereocenters. The first-order valence-electron chi connectivity index (χ1n) is 37.3. The van der Waals surface area contributed by atoms with Gasteiger partial charge in [0, 0.05) is 65.5 Å². The van der Waals surface area contributed by atoms with Crippen LogP contribution in [0.5, 0.6) is 0 Å². The Hall–Kier alpha value is -14.3. The zero-order chi connectivity index (χ0) is 70.9. The highest BCUT2D eigenvalue weighted by Crippen LogP contribution is 2.45. The molecule has 4 heteroatoms. The van der Waals surface area contributed by atoms with Gasteiger partial charge in [-0.1, -0.05) is 285 Å². The molecule has 0 N–H and O–H groups in total. The molecule has 0 radical (unpaired) electrons. The molecular weight excluding hydrogens is 1310 g/mol. The van der Waals surface area contributed by atoms with Crippen molar-refractivity contribution in [3.63, 3.8) is 0 Å². The summed E-state index contributed by atoms with van der Waals surface area (Å²) in [6.07, 6.45) is 0. The molecule has 0 amide bonds. The highest BCUT2D eigenvalue weighted by molar-refractivity contribution is 6.22. The van der Waals surface area contributed by atoms with Crippen LogP contribution in [-0.2, 0) is 0 Å². The summed E-state index contributed by atoms with van der Waals surface area (Å²) in [5.74, 6) is 0. The third-order valence-corrected chi connectivity index (χ3v) is 22.8. The van der Waals surface area contributed by atoms with Crippen molar-refractivity contribution in [3.05, 3.63) is 400 Å². The van der Waals surface area contributed by atoms with Crippen LogP contribution in [0.25, 0.3) is 208 Å². The molecule has 0 spiro atoms. The molecular formula is C104H66N4. The zero-order valence-electron chi connectivity index (χ0n) is 58.9. The summed E-state index contributed by atoms with van der Waals surface area (Å²) >= 11 is 0. The van der Waals surface area contributed by atoms with Crippen LogP contribution in [0.3, 0.4) is 0 Å². The maximum absolute atomic E-state index is 2.48. The van der Waals surface area contributed by atoms with Crippen molar-refractivity contribution < 1.29 is 0 Å². The van der Waals surface area contributed by atoms with Gasteiger partial charge in [0.1, 0.15) is 0 Å². The summed E-state index contributed by atoms with van der Waals surface area (Å²) in [7, 11) is 0. The largest absolute Gasteiger partial charge is 0.309 e. The SMILES string of the molecule is c1ccc(-c2ccc(-n3c4ccccc4c4cc(-c5ccc6c(c5)c5ccccc5n6-c5cc6c7ccccc7ccc6c6ccccc56)ccc43)cc2)cc1.c1ccc(-c2ccc(-n3c4ccccc4c4cc(-c5ccc6c(c5)c5ccccc5n6-c5ccc6c(ccc7ccccc76)c5)ccc43)cc2)cc1. The van der Waals surface area contributed by atoms with E-state index in [1.165, 1.54) is 197 Å². The lowest BCUT2D eigenvalue weighted by atomic mass is 9.95. The van der Waals surface area contributed by atoms with E-state index in [0.29, 0.717) is 0 Å². The lowest BCUT2D eigenvalue weighted by molar-refractivity contribution is 1.18. The van der Waals surface area contributed by atoms with Crippen molar-refractivity contribution in [2.75, 3.05) is 0 Å². The molecule has 502 valence electrons. The summed E-state index contributed by atoms with van der Waals surface area (Å²) in [5, 5.41) is 22.8. The van der Waals surface area contributed by atoms with E-state index < -0.39 is 0 Å². The highest BCUT2D eigenvalue weighted by atomic mass is 15.0. The Morgan fingerprint density at radius 3 is 0.852 bits per heavy atom. The van der Waals surface area contributed by atoms with Gasteiger partial charge in [0.25, 0.3) is 0 Å². The average Bonchev–Trinajstić information content (AvgIpc) is 1.53.